The molecule has 1 aromatic carbocycles. The fourth-order valence-electron chi connectivity index (χ4n) is 3.39. The lowest BCUT2D eigenvalue weighted by Gasteiger charge is -2.35. The molecule has 1 unspecified atom stereocenters. The molecule has 0 bridgehead atoms. The molecule has 2 aliphatic heterocycles. The van der Waals surface area contributed by atoms with Crippen molar-refractivity contribution in [2.24, 2.45) is 0 Å². The molecule has 4 rings (SSSR count). The quantitative estimate of drug-likeness (QED) is 0.810. The highest BCUT2D eigenvalue weighted by Crippen LogP contribution is 2.37. The number of pyridine rings is 1. The number of hydrogen-bond acceptors (Lipinski definition) is 3. The smallest absolute Gasteiger partial charge is 0.136 e. The summed E-state index contributed by atoms with van der Waals surface area (Å²) < 4.78 is 0. The summed E-state index contributed by atoms with van der Waals surface area (Å²) in [6, 6.07) is 7.01. The highest BCUT2D eigenvalue weighted by molar-refractivity contribution is 6.34. The molecule has 1 fully saturated rings. The normalized spacial score (nSPS) is 22.2. The van der Waals surface area contributed by atoms with Gasteiger partial charge >= 0.3 is 0 Å². The van der Waals surface area contributed by atoms with Gasteiger partial charge in [-0.25, -0.2) is 4.98 Å². The number of halogens is 1. The van der Waals surface area contributed by atoms with Gasteiger partial charge in [0, 0.05) is 41.8 Å². The molecule has 3 heterocycles. The topological polar surface area (TPSA) is 28.2 Å². The first-order valence-corrected chi connectivity index (χ1v) is 7.26. The molecule has 3 nitrogen and oxygen atoms in total. The third kappa shape index (κ3) is 1.72. The SMILES string of the molecule is Clc1ncc2c3c(cccc13)N(C1CCNC1)CC2. The van der Waals surface area contributed by atoms with E-state index in [9.17, 15) is 0 Å². The van der Waals surface area contributed by atoms with Crippen LogP contribution in [0.3, 0.4) is 0 Å². The molecule has 98 valence electrons. The van der Waals surface area contributed by atoms with Crippen molar-refractivity contribution in [1.82, 2.24) is 10.3 Å². The van der Waals surface area contributed by atoms with E-state index in [0.29, 0.717) is 11.2 Å². The predicted octanol–water partition coefficient (Wildman–Crippen LogP) is 2.61. The van der Waals surface area contributed by atoms with Gasteiger partial charge in [0.05, 0.1) is 0 Å². The molecule has 1 aromatic heterocycles. The number of anilines is 1. The van der Waals surface area contributed by atoms with E-state index in [1.165, 1.54) is 23.1 Å². The van der Waals surface area contributed by atoms with Crippen LogP contribution >= 0.6 is 11.6 Å². The molecule has 1 atom stereocenters. The van der Waals surface area contributed by atoms with E-state index in [0.717, 1.165) is 31.4 Å². The Morgan fingerprint density at radius 3 is 3.16 bits per heavy atom. The van der Waals surface area contributed by atoms with Crippen LogP contribution in [-0.2, 0) is 6.42 Å². The Morgan fingerprint density at radius 1 is 1.37 bits per heavy atom. The maximum absolute atomic E-state index is 6.25. The minimum Gasteiger partial charge on any atom is -0.366 e. The van der Waals surface area contributed by atoms with Crippen LogP contribution in [0.5, 0.6) is 0 Å². The van der Waals surface area contributed by atoms with Gasteiger partial charge < -0.3 is 10.2 Å². The van der Waals surface area contributed by atoms with Crippen LogP contribution in [0.4, 0.5) is 5.69 Å². The number of benzene rings is 1. The lowest BCUT2D eigenvalue weighted by atomic mass is 9.97. The van der Waals surface area contributed by atoms with Crippen LogP contribution in [-0.4, -0.2) is 30.7 Å². The summed E-state index contributed by atoms with van der Waals surface area (Å²) in [5, 5.41) is 6.47. The Bertz CT molecular complexity index is 635. The van der Waals surface area contributed by atoms with Crippen LogP contribution < -0.4 is 10.2 Å². The molecule has 2 aromatic rings. The molecule has 1 N–H and O–H groups in total. The first-order chi connectivity index (χ1) is 9.34. The maximum atomic E-state index is 6.25. The van der Waals surface area contributed by atoms with E-state index in [4.69, 9.17) is 11.6 Å². The Labute approximate surface area is 117 Å². The molecule has 2 aliphatic rings. The van der Waals surface area contributed by atoms with E-state index < -0.39 is 0 Å². The summed E-state index contributed by atoms with van der Waals surface area (Å²) in [4.78, 5) is 6.86. The molecule has 0 aliphatic carbocycles. The Kier molecular flexibility index (Phi) is 2.64. The van der Waals surface area contributed by atoms with E-state index in [-0.39, 0.29) is 0 Å². The zero-order valence-electron chi connectivity index (χ0n) is 10.7. The third-order valence-corrected chi connectivity index (χ3v) is 4.63. The fourth-order valence-corrected chi connectivity index (χ4v) is 3.60. The lowest BCUT2D eigenvalue weighted by molar-refractivity contribution is 0.626. The van der Waals surface area contributed by atoms with Gasteiger partial charge in [-0.2, -0.15) is 0 Å². The first kappa shape index (κ1) is 11.5. The number of rotatable bonds is 1. The monoisotopic (exact) mass is 273 g/mol. The molecular weight excluding hydrogens is 258 g/mol. The summed E-state index contributed by atoms with van der Waals surface area (Å²) in [5.74, 6) is 0. The van der Waals surface area contributed by atoms with E-state index >= 15 is 0 Å². The van der Waals surface area contributed by atoms with Gasteiger partial charge in [0.2, 0.25) is 0 Å². The Balaban J connectivity index is 1.92. The zero-order chi connectivity index (χ0) is 12.8. The van der Waals surface area contributed by atoms with Gasteiger partial charge in [-0.1, -0.05) is 23.7 Å². The van der Waals surface area contributed by atoms with Crippen molar-refractivity contribution in [1.29, 1.82) is 0 Å². The first-order valence-electron chi connectivity index (χ1n) is 6.88. The van der Waals surface area contributed by atoms with Crippen LogP contribution in [0.25, 0.3) is 10.8 Å². The van der Waals surface area contributed by atoms with Gasteiger partial charge in [0.1, 0.15) is 5.15 Å². The van der Waals surface area contributed by atoms with Gasteiger partial charge in [-0.15, -0.1) is 0 Å². The molecule has 0 amide bonds. The number of hydrogen-bond donors (Lipinski definition) is 1. The van der Waals surface area contributed by atoms with Crippen LogP contribution in [0.1, 0.15) is 12.0 Å². The van der Waals surface area contributed by atoms with Crippen molar-refractivity contribution in [3.63, 3.8) is 0 Å². The summed E-state index contributed by atoms with van der Waals surface area (Å²) in [5.41, 5.74) is 2.66. The Hall–Kier alpha value is -1.32. The van der Waals surface area contributed by atoms with E-state index in [1.54, 1.807) is 0 Å². The minimum atomic E-state index is 0.616. The predicted molar refractivity (Wildman–Crippen MR) is 79.1 cm³/mol. The van der Waals surface area contributed by atoms with Crippen molar-refractivity contribution < 1.29 is 0 Å². The summed E-state index contributed by atoms with van der Waals surface area (Å²) >= 11 is 6.25. The third-order valence-electron chi connectivity index (χ3n) is 4.33. The number of nitrogens with zero attached hydrogens (tertiary/aromatic N) is 2. The summed E-state index contributed by atoms with van der Waals surface area (Å²) in [7, 11) is 0. The van der Waals surface area contributed by atoms with Gasteiger partial charge in [-0.05, 0) is 31.0 Å². The lowest BCUT2D eigenvalue weighted by Crippen LogP contribution is -2.40. The zero-order valence-corrected chi connectivity index (χ0v) is 11.5. The van der Waals surface area contributed by atoms with E-state index in [2.05, 4.69) is 33.4 Å². The number of nitrogens with one attached hydrogen (secondary N) is 1. The summed E-state index contributed by atoms with van der Waals surface area (Å²) in [6.45, 7) is 3.30. The molecule has 0 saturated carbocycles. The average Bonchev–Trinajstić information content (AvgIpc) is 2.97. The molecule has 1 saturated heterocycles. The maximum Gasteiger partial charge on any atom is 0.136 e. The minimum absolute atomic E-state index is 0.616. The second-order valence-electron chi connectivity index (χ2n) is 5.36. The second kappa shape index (κ2) is 4.36. The van der Waals surface area contributed by atoms with Crippen molar-refractivity contribution in [3.8, 4) is 0 Å². The molecule has 0 radical (unpaired) electrons. The van der Waals surface area contributed by atoms with Crippen LogP contribution in [0.2, 0.25) is 5.15 Å². The van der Waals surface area contributed by atoms with Crippen LogP contribution in [0, 0.1) is 0 Å². The van der Waals surface area contributed by atoms with Gasteiger partial charge in [0.15, 0.2) is 0 Å². The average molecular weight is 274 g/mol. The second-order valence-corrected chi connectivity index (χ2v) is 5.72. The van der Waals surface area contributed by atoms with Crippen molar-refractivity contribution in [2.45, 2.75) is 18.9 Å². The van der Waals surface area contributed by atoms with Gasteiger partial charge in [0.25, 0.3) is 0 Å². The fraction of sp³-hybridized carbons (Fsp3) is 0.400. The Morgan fingerprint density at radius 2 is 2.32 bits per heavy atom. The molecule has 19 heavy (non-hydrogen) atoms. The molecule has 4 heteroatoms. The largest absolute Gasteiger partial charge is 0.366 e. The van der Waals surface area contributed by atoms with Gasteiger partial charge in [-0.3, -0.25) is 0 Å². The van der Waals surface area contributed by atoms with E-state index in [1.807, 2.05) is 6.20 Å². The molecule has 0 spiro atoms. The highest BCUT2D eigenvalue weighted by Gasteiger charge is 2.27. The van der Waals surface area contributed by atoms with Crippen molar-refractivity contribution in [2.75, 3.05) is 24.5 Å². The van der Waals surface area contributed by atoms with Crippen molar-refractivity contribution in [3.05, 3.63) is 35.1 Å². The molecular formula is C15H16ClN3. The highest BCUT2D eigenvalue weighted by atomic mass is 35.5. The summed E-state index contributed by atoms with van der Waals surface area (Å²) in [6.07, 6.45) is 4.23. The van der Waals surface area contributed by atoms with Crippen LogP contribution in [0.15, 0.2) is 24.4 Å². The van der Waals surface area contributed by atoms with Crippen molar-refractivity contribution >= 4 is 28.1 Å². The number of aromatic nitrogens is 1. The standard InChI is InChI=1S/C15H16ClN3/c16-15-12-2-1-3-13-14(12)10(8-18-15)5-7-19(13)11-4-6-17-9-11/h1-3,8,11,17H,4-7,9H2.